The summed E-state index contributed by atoms with van der Waals surface area (Å²) < 4.78 is 0. The number of hydrogen-bond acceptors (Lipinski definition) is 4. The fraction of sp³-hybridized carbons (Fsp3) is 0.562. The van der Waals surface area contributed by atoms with E-state index in [9.17, 15) is 0 Å². The van der Waals surface area contributed by atoms with E-state index in [-0.39, 0.29) is 0 Å². The zero-order valence-corrected chi connectivity index (χ0v) is 13.2. The van der Waals surface area contributed by atoms with Gasteiger partial charge in [-0.3, -0.25) is 4.99 Å². The van der Waals surface area contributed by atoms with Crippen LogP contribution in [0, 0.1) is 5.41 Å². The lowest BCUT2D eigenvalue weighted by Gasteiger charge is -2.27. The molecule has 0 atom stereocenters. The van der Waals surface area contributed by atoms with Crippen molar-refractivity contribution in [1.29, 1.82) is 0 Å². The molecule has 1 aromatic rings. The van der Waals surface area contributed by atoms with Gasteiger partial charge < -0.3 is 10.2 Å². The van der Waals surface area contributed by atoms with Crippen LogP contribution < -0.4 is 10.2 Å². The van der Waals surface area contributed by atoms with Gasteiger partial charge in [0.05, 0.1) is 0 Å². The molecule has 1 aromatic carbocycles. The molecule has 0 spiro atoms. The number of amidine groups is 1. The molecule has 2 aliphatic rings. The molecule has 2 aliphatic heterocycles. The molecule has 0 aromatic heterocycles. The summed E-state index contributed by atoms with van der Waals surface area (Å²) in [6, 6.07) is 8.75. The molecule has 1 N–H and O–H groups in total. The number of hydrogen-bond donors (Lipinski definition) is 1. The van der Waals surface area contributed by atoms with Gasteiger partial charge in [0.1, 0.15) is 0 Å². The highest BCUT2D eigenvalue weighted by atomic mass is 32.2. The van der Waals surface area contributed by atoms with Crippen molar-refractivity contribution < 1.29 is 0 Å². The highest BCUT2D eigenvalue weighted by molar-refractivity contribution is 8.14. The number of aliphatic imine (C=N–C) groups is 1. The van der Waals surface area contributed by atoms with Gasteiger partial charge in [-0.2, -0.15) is 0 Å². The fourth-order valence-corrected chi connectivity index (χ4v) is 3.54. The molecule has 108 valence electrons. The van der Waals surface area contributed by atoms with Crippen molar-refractivity contribution in [3.8, 4) is 0 Å². The van der Waals surface area contributed by atoms with Crippen molar-refractivity contribution in [2.75, 3.05) is 35.6 Å². The van der Waals surface area contributed by atoms with E-state index in [4.69, 9.17) is 0 Å². The van der Waals surface area contributed by atoms with Crippen LogP contribution >= 0.6 is 11.8 Å². The Bertz CT molecular complexity index is 487. The van der Waals surface area contributed by atoms with Crippen molar-refractivity contribution >= 4 is 28.3 Å². The minimum atomic E-state index is 0.329. The summed E-state index contributed by atoms with van der Waals surface area (Å²) in [6.45, 7) is 7.85. The van der Waals surface area contributed by atoms with Gasteiger partial charge in [-0.05, 0) is 42.5 Å². The van der Waals surface area contributed by atoms with Gasteiger partial charge in [0.25, 0.3) is 0 Å². The zero-order chi connectivity index (χ0) is 14.0. The number of benzene rings is 1. The van der Waals surface area contributed by atoms with E-state index in [0.717, 1.165) is 23.2 Å². The molecule has 0 bridgehead atoms. The summed E-state index contributed by atoms with van der Waals surface area (Å²) in [4.78, 5) is 7.09. The maximum atomic E-state index is 4.64. The first kappa shape index (κ1) is 13.8. The van der Waals surface area contributed by atoms with Crippen LogP contribution in [-0.4, -0.2) is 30.6 Å². The number of nitrogens with zero attached hydrogens (tertiary/aromatic N) is 2. The topological polar surface area (TPSA) is 27.6 Å². The minimum Gasteiger partial charge on any atom is -0.372 e. The Balaban J connectivity index is 1.62. The molecule has 0 radical (unpaired) electrons. The Morgan fingerprint density at radius 1 is 1.15 bits per heavy atom. The average molecular weight is 289 g/mol. The maximum Gasteiger partial charge on any atom is 0.161 e. The van der Waals surface area contributed by atoms with Gasteiger partial charge in [0.2, 0.25) is 0 Å². The lowest BCUT2D eigenvalue weighted by atomic mass is 9.97. The van der Waals surface area contributed by atoms with Crippen molar-refractivity contribution in [2.24, 2.45) is 10.4 Å². The second-order valence-corrected chi connectivity index (χ2v) is 7.40. The molecule has 4 heteroatoms. The molecule has 0 unspecified atom stereocenters. The van der Waals surface area contributed by atoms with E-state index in [2.05, 4.69) is 53.3 Å². The van der Waals surface area contributed by atoms with E-state index in [1.807, 2.05) is 11.8 Å². The van der Waals surface area contributed by atoms with Crippen molar-refractivity contribution in [2.45, 2.75) is 26.7 Å². The van der Waals surface area contributed by atoms with Gasteiger partial charge in [0.15, 0.2) is 5.17 Å². The standard InChI is InChI=1S/C16H23N3S/c1-16(2)11-17-15(20-12-16)18-13-5-7-14(8-6-13)19-9-3-4-10-19/h5-8H,3-4,9-12H2,1-2H3,(H,17,18). The second-order valence-electron chi connectivity index (χ2n) is 6.44. The molecule has 2 heterocycles. The molecule has 0 amide bonds. The van der Waals surface area contributed by atoms with E-state index in [1.54, 1.807) is 0 Å². The fourth-order valence-electron chi connectivity index (χ4n) is 2.57. The molecule has 3 rings (SSSR count). The molecular formula is C16H23N3S. The summed E-state index contributed by atoms with van der Waals surface area (Å²) in [5.74, 6) is 1.13. The second kappa shape index (κ2) is 5.68. The quantitative estimate of drug-likeness (QED) is 0.896. The summed E-state index contributed by atoms with van der Waals surface area (Å²) in [5.41, 5.74) is 2.81. The summed E-state index contributed by atoms with van der Waals surface area (Å²) in [6.07, 6.45) is 2.65. The van der Waals surface area contributed by atoms with Gasteiger partial charge in [-0.15, -0.1) is 0 Å². The first-order valence-corrected chi connectivity index (χ1v) is 8.40. The number of anilines is 2. The van der Waals surface area contributed by atoms with Crippen LogP contribution in [0.3, 0.4) is 0 Å². The molecule has 20 heavy (non-hydrogen) atoms. The highest BCUT2D eigenvalue weighted by Gasteiger charge is 2.23. The third-order valence-electron chi connectivity index (χ3n) is 3.84. The largest absolute Gasteiger partial charge is 0.372 e. The van der Waals surface area contributed by atoms with Crippen molar-refractivity contribution in [1.82, 2.24) is 0 Å². The molecule has 0 saturated carbocycles. The van der Waals surface area contributed by atoms with Crippen molar-refractivity contribution in [3.63, 3.8) is 0 Å². The van der Waals surface area contributed by atoms with Crippen LogP contribution in [-0.2, 0) is 0 Å². The maximum absolute atomic E-state index is 4.64. The van der Waals surface area contributed by atoms with Crippen LogP contribution in [0.25, 0.3) is 0 Å². The van der Waals surface area contributed by atoms with Gasteiger partial charge in [-0.25, -0.2) is 0 Å². The lowest BCUT2D eigenvalue weighted by Crippen LogP contribution is -2.27. The Labute approximate surface area is 125 Å². The number of thioether (sulfide) groups is 1. The third kappa shape index (κ3) is 3.29. The van der Waals surface area contributed by atoms with Crippen LogP contribution in [0.1, 0.15) is 26.7 Å². The number of nitrogens with one attached hydrogen (secondary N) is 1. The Kier molecular flexibility index (Phi) is 3.92. The van der Waals surface area contributed by atoms with Gasteiger partial charge in [-0.1, -0.05) is 25.6 Å². The van der Waals surface area contributed by atoms with Crippen LogP contribution in [0.2, 0.25) is 0 Å². The molecular weight excluding hydrogens is 266 g/mol. The Hall–Kier alpha value is -1.16. The van der Waals surface area contributed by atoms with Crippen LogP contribution in [0.15, 0.2) is 29.3 Å². The summed E-state index contributed by atoms with van der Waals surface area (Å²) in [7, 11) is 0. The average Bonchev–Trinajstić information content (AvgIpc) is 2.96. The molecule has 3 nitrogen and oxygen atoms in total. The van der Waals surface area contributed by atoms with E-state index in [0.29, 0.717) is 5.41 Å². The molecule has 0 aliphatic carbocycles. The SMILES string of the molecule is CC1(C)CN=C(Nc2ccc(N3CCCC3)cc2)SC1. The minimum absolute atomic E-state index is 0.329. The lowest BCUT2D eigenvalue weighted by molar-refractivity contribution is 0.438. The van der Waals surface area contributed by atoms with Crippen LogP contribution in [0.5, 0.6) is 0 Å². The molecule has 1 saturated heterocycles. The van der Waals surface area contributed by atoms with E-state index >= 15 is 0 Å². The predicted molar refractivity (Wildman–Crippen MR) is 90.1 cm³/mol. The van der Waals surface area contributed by atoms with Crippen LogP contribution in [0.4, 0.5) is 11.4 Å². The highest BCUT2D eigenvalue weighted by Crippen LogP contribution is 2.29. The Morgan fingerprint density at radius 3 is 2.45 bits per heavy atom. The summed E-state index contributed by atoms with van der Waals surface area (Å²) >= 11 is 1.82. The first-order chi connectivity index (χ1) is 9.62. The van der Waals surface area contributed by atoms with Gasteiger partial charge in [0, 0.05) is 36.8 Å². The van der Waals surface area contributed by atoms with E-state index in [1.165, 1.54) is 31.6 Å². The Morgan fingerprint density at radius 2 is 1.85 bits per heavy atom. The van der Waals surface area contributed by atoms with Gasteiger partial charge >= 0.3 is 0 Å². The normalized spacial score (nSPS) is 21.7. The zero-order valence-electron chi connectivity index (χ0n) is 12.4. The van der Waals surface area contributed by atoms with Crippen molar-refractivity contribution in [3.05, 3.63) is 24.3 Å². The third-order valence-corrected chi connectivity index (χ3v) is 5.27. The van der Waals surface area contributed by atoms with E-state index < -0.39 is 0 Å². The first-order valence-electron chi connectivity index (χ1n) is 7.42. The predicted octanol–water partition coefficient (Wildman–Crippen LogP) is 3.83. The molecule has 1 fully saturated rings. The summed E-state index contributed by atoms with van der Waals surface area (Å²) in [5, 5.41) is 4.48. The monoisotopic (exact) mass is 289 g/mol. The number of rotatable bonds is 2. The smallest absolute Gasteiger partial charge is 0.161 e.